The van der Waals surface area contributed by atoms with Gasteiger partial charge in [0.1, 0.15) is 0 Å². The largest absolute Gasteiger partial charge is 0.478 e. The zero-order chi connectivity index (χ0) is 20.9. The predicted octanol–water partition coefficient (Wildman–Crippen LogP) is 3.85. The van der Waals surface area contributed by atoms with E-state index < -0.39 is 11.7 Å². The fourth-order valence-electron chi connectivity index (χ4n) is 3.31. The second kappa shape index (κ2) is 9.26. The Balaban J connectivity index is 1.56. The van der Waals surface area contributed by atoms with Gasteiger partial charge in [-0.05, 0) is 37.1 Å². The van der Waals surface area contributed by atoms with Crippen molar-refractivity contribution in [1.29, 1.82) is 0 Å². The summed E-state index contributed by atoms with van der Waals surface area (Å²) >= 11 is 0. The number of carbonyl (C=O) groups is 1. The molecule has 29 heavy (non-hydrogen) atoms. The first-order valence-corrected chi connectivity index (χ1v) is 9.63. The van der Waals surface area contributed by atoms with Crippen molar-refractivity contribution in [3.8, 4) is 5.88 Å². The minimum Gasteiger partial charge on any atom is -0.478 e. The minimum atomic E-state index is -4.32. The maximum Gasteiger partial charge on any atom is 0.416 e. The molecule has 0 spiro atoms. The van der Waals surface area contributed by atoms with Gasteiger partial charge in [0.15, 0.2) is 0 Å². The lowest BCUT2D eigenvalue weighted by Crippen LogP contribution is -2.35. The van der Waals surface area contributed by atoms with Crippen molar-refractivity contribution in [2.75, 3.05) is 32.8 Å². The molecule has 8 heteroatoms. The van der Waals surface area contributed by atoms with Crippen LogP contribution in [-0.4, -0.2) is 53.5 Å². The van der Waals surface area contributed by atoms with Gasteiger partial charge in [0.05, 0.1) is 17.7 Å². The van der Waals surface area contributed by atoms with Gasteiger partial charge >= 0.3 is 6.18 Å². The summed E-state index contributed by atoms with van der Waals surface area (Å²) in [6, 6.07) is 8.66. The molecular formula is C21H24F3N3O2. The van der Waals surface area contributed by atoms with Gasteiger partial charge in [0, 0.05) is 45.0 Å². The molecule has 0 atom stereocenters. The Labute approximate surface area is 168 Å². The normalized spacial score (nSPS) is 15.8. The highest BCUT2D eigenvalue weighted by atomic mass is 19.4. The van der Waals surface area contributed by atoms with Crippen LogP contribution in [0.2, 0.25) is 0 Å². The van der Waals surface area contributed by atoms with Crippen molar-refractivity contribution in [3.63, 3.8) is 0 Å². The van der Waals surface area contributed by atoms with E-state index >= 15 is 0 Å². The van der Waals surface area contributed by atoms with Gasteiger partial charge in [0.2, 0.25) is 5.88 Å². The topological polar surface area (TPSA) is 45.7 Å². The number of benzene rings is 1. The maximum atomic E-state index is 12.7. The summed E-state index contributed by atoms with van der Waals surface area (Å²) in [6.07, 6.45) is -1.99. The molecule has 0 aliphatic carbocycles. The Kier molecular flexibility index (Phi) is 6.74. The molecule has 0 bridgehead atoms. The summed E-state index contributed by atoms with van der Waals surface area (Å²) in [4.78, 5) is 20.8. The number of ether oxygens (including phenoxy) is 1. The molecule has 0 saturated carbocycles. The Bertz CT molecular complexity index is 807. The molecule has 0 radical (unpaired) electrons. The highest BCUT2D eigenvalue weighted by Gasteiger charge is 2.30. The van der Waals surface area contributed by atoms with E-state index in [0.717, 1.165) is 30.7 Å². The molecule has 0 unspecified atom stereocenters. The van der Waals surface area contributed by atoms with Crippen molar-refractivity contribution in [3.05, 3.63) is 59.3 Å². The summed E-state index contributed by atoms with van der Waals surface area (Å²) in [5, 5.41) is 0. The summed E-state index contributed by atoms with van der Waals surface area (Å²) in [6.45, 7) is 5.59. The first kappa shape index (κ1) is 21.1. The van der Waals surface area contributed by atoms with Crippen LogP contribution in [-0.2, 0) is 12.7 Å². The molecule has 1 fully saturated rings. The molecule has 2 heterocycles. The number of pyridine rings is 1. The Morgan fingerprint density at radius 1 is 1.07 bits per heavy atom. The summed E-state index contributed by atoms with van der Waals surface area (Å²) < 4.78 is 43.4. The number of amides is 1. The Hall–Kier alpha value is -2.61. The predicted molar refractivity (Wildman–Crippen MR) is 103 cm³/mol. The lowest BCUT2D eigenvalue weighted by Gasteiger charge is -2.22. The van der Waals surface area contributed by atoms with Crippen LogP contribution in [0, 0.1) is 0 Å². The van der Waals surface area contributed by atoms with Crippen LogP contribution in [0.3, 0.4) is 0 Å². The third-order valence-electron chi connectivity index (χ3n) is 4.84. The van der Waals surface area contributed by atoms with Gasteiger partial charge in [-0.25, -0.2) is 4.98 Å². The Morgan fingerprint density at radius 3 is 2.45 bits per heavy atom. The lowest BCUT2D eigenvalue weighted by molar-refractivity contribution is -0.137. The summed E-state index contributed by atoms with van der Waals surface area (Å²) in [5.74, 6) is 0.416. The highest BCUT2D eigenvalue weighted by molar-refractivity contribution is 5.94. The summed E-state index contributed by atoms with van der Waals surface area (Å²) in [5.41, 5.74) is 0.705. The van der Waals surface area contributed by atoms with Crippen LogP contribution < -0.4 is 4.74 Å². The molecule has 1 aromatic heterocycles. The van der Waals surface area contributed by atoms with Crippen molar-refractivity contribution in [2.24, 2.45) is 0 Å². The van der Waals surface area contributed by atoms with Gasteiger partial charge in [-0.1, -0.05) is 12.1 Å². The van der Waals surface area contributed by atoms with Crippen LogP contribution in [0.5, 0.6) is 5.88 Å². The van der Waals surface area contributed by atoms with Crippen LogP contribution in [0.15, 0.2) is 42.6 Å². The molecule has 5 nitrogen and oxygen atoms in total. The molecule has 0 N–H and O–H groups in total. The molecule has 1 aliphatic heterocycles. The molecule has 1 saturated heterocycles. The number of carbonyl (C=O) groups excluding carboxylic acids is 1. The number of halogens is 3. The minimum absolute atomic E-state index is 0.0723. The zero-order valence-corrected chi connectivity index (χ0v) is 16.3. The van der Waals surface area contributed by atoms with E-state index in [4.69, 9.17) is 4.74 Å². The van der Waals surface area contributed by atoms with Crippen LogP contribution in [0.4, 0.5) is 13.2 Å². The molecule has 1 aromatic carbocycles. The van der Waals surface area contributed by atoms with Crippen molar-refractivity contribution >= 4 is 5.91 Å². The van der Waals surface area contributed by atoms with E-state index in [9.17, 15) is 18.0 Å². The monoisotopic (exact) mass is 407 g/mol. The van der Waals surface area contributed by atoms with E-state index in [1.807, 2.05) is 6.92 Å². The molecule has 156 valence electrons. The number of aromatic nitrogens is 1. The van der Waals surface area contributed by atoms with Gasteiger partial charge < -0.3 is 9.64 Å². The van der Waals surface area contributed by atoms with E-state index in [0.29, 0.717) is 44.2 Å². The maximum absolute atomic E-state index is 12.7. The molecule has 3 rings (SSSR count). The van der Waals surface area contributed by atoms with E-state index in [1.54, 1.807) is 17.0 Å². The Morgan fingerprint density at radius 2 is 1.83 bits per heavy atom. The standard InChI is InChI=1S/C21H24F3N3O2/c1-2-29-19-9-6-17(14-25-19)20(28)27-11-3-10-26(12-13-27)15-16-4-7-18(8-5-16)21(22,23)24/h4-9,14H,2-3,10-13,15H2,1H3. The quantitative estimate of drug-likeness (QED) is 0.756. The summed E-state index contributed by atoms with van der Waals surface area (Å²) in [7, 11) is 0. The van der Waals surface area contributed by atoms with Crippen molar-refractivity contribution in [2.45, 2.75) is 26.1 Å². The smallest absolute Gasteiger partial charge is 0.416 e. The van der Waals surface area contributed by atoms with E-state index in [2.05, 4.69) is 9.88 Å². The third-order valence-corrected chi connectivity index (χ3v) is 4.84. The van der Waals surface area contributed by atoms with Crippen molar-refractivity contribution < 1.29 is 22.7 Å². The van der Waals surface area contributed by atoms with Gasteiger partial charge in [-0.2, -0.15) is 13.2 Å². The SMILES string of the molecule is CCOc1ccc(C(=O)N2CCCN(Cc3ccc(C(F)(F)F)cc3)CC2)cn1. The zero-order valence-electron chi connectivity index (χ0n) is 16.3. The third kappa shape index (κ3) is 5.69. The van der Waals surface area contributed by atoms with E-state index in [-0.39, 0.29) is 5.91 Å². The van der Waals surface area contributed by atoms with Gasteiger partial charge in [-0.15, -0.1) is 0 Å². The molecule has 2 aromatic rings. The fourth-order valence-corrected chi connectivity index (χ4v) is 3.31. The van der Waals surface area contributed by atoms with Crippen LogP contribution in [0.25, 0.3) is 0 Å². The number of rotatable bonds is 5. The number of alkyl halides is 3. The number of hydrogen-bond acceptors (Lipinski definition) is 4. The van der Waals surface area contributed by atoms with Crippen LogP contribution in [0.1, 0.15) is 34.8 Å². The second-order valence-corrected chi connectivity index (χ2v) is 6.93. The molecule has 1 amide bonds. The van der Waals surface area contributed by atoms with Crippen LogP contribution >= 0.6 is 0 Å². The average molecular weight is 407 g/mol. The van der Waals surface area contributed by atoms with Crippen molar-refractivity contribution in [1.82, 2.24) is 14.8 Å². The first-order chi connectivity index (χ1) is 13.9. The first-order valence-electron chi connectivity index (χ1n) is 9.63. The number of nitrogens with zero attached hydrogens (tertiary/aromatic N) is 3. The highest BCUT2D eigenvalue weighted by Crippen LogP contribution is 2.29. The number of hydrogen-bond donors (Lipinski definition) is 0. The van der Waals surface area contributed by atoms with Gasteiger partial charge in [0.25, 0.3) is 5.91 Å². The van der Waals surface area contributed by atoms with E-state index in [1.165, 1.54) is 18.3 Å². The average Bonchev–Trinajstić information content (AvgIpc) is 2.94. The van der Waals surface area contributed by atoms with Gasteiger partial charge in [-0.3, -0.25) is 9.69 Å². The second-order valence-electron chi connectivity index (χ2n) is 6.93. The molecule has 1 aliphatic rings. The lowest BCUT2D eigenvalue weighted by atomic mass is 10.1. The molecular weight excluding hydrogens is 383 g/mol. The fraction of sp³-hybridized carbons (Fsp3) is 0.429.